The average Bonchev–Trinajstić information content (AvgIpc) is 2.77. The quantitative estimate of drug-likeness (QED) is 0.882. The van der Waals surface area contributed by atoms with Crippen LogP contribution in [-0.2, 0) is 0 Å². The van der Waals surface area contributed by atoms with E-state index >= 15 is 0 Å². The van der Waals surface area contributed by atoms with Crippen LogP contribution in [0.3, 0.4) is 0 Å². The molecule has 0 fully saturated rings. The molecule has 20 heavy (non-hydrogen) atoms. The van der Waals surface area contributed by atoms with Gasteiger partial charge >= 0.3 is 6.36 Å². The van der Waals surface area contributed by atoms with E-state index in [4.69, 9.17) is 0 Å². The van der Waals surface area contributed by atoms with Crippen LogP contribution in [0.4, 0.5) is 18.9 Å². The number of benzene rings is 1. The van der Waals surface area contributed by atoms with Crippen LogP contribution < -0.4 is 10.1 Å². The smallest absolute Gasteiger partial charge is 0.406 e. The molecular weight excluding hydrogens is 341 g/mol. The van der Waals surface area contributed by atoms with Crippen molar-refractivity contribution in [2.75, 3.05) is 5.32 Å². The van der Waals surface area contributed by atoms with E-state index in [9.17, 15) is 18.0 Å². The Labute approximate surface area is 120 Å². The van der Waals surface area contributed by atoms with E-state index in [2.05, 4.69) is 31.0 Å². The maximum absolute atomic E-state index is 12.0. The Kier molecular flexibility index (Phi) is 4.03. The average molecular weight is 349 g/mol. The van der Waals surface area contributed by atoms with Gasteiger partial charge in [0.2, 0.25) is 0 Å². The van der Waals surface area contributed by atoms with Crippen molar-refractivity contribution >= 4 is 27.5 Å². The molecule has 1 amide bonds. The fourth-order valence-electron chi connectivity index (χ4n) is 1.44. The molecule has 1 aromatic heterocycles. The summed E-state index contributed by atoms with van der Waals surface area (Å²) in [7, 11) is 0. The molecule has 1 heterocycles. The third-order valence-electron chi connectivity index (χ3n) is 2.24. The van der Waals surface area contributed by atoms with Crippen LogP contribution in [0.5, 0.6) is 5.75 Å². The SMILES string of the molecule is O=C(Nc1ccc(OC(F)(F)F)cc1)c1cc(Br)c[nH]1. The predicted molar refractivity (Wildman–Crippen MR) is 69.6 cm³/mol. The Morgan fingerprint density at radius 2 is 1.90 bits per heavy atom. The van der Waals surface area contributed by atoms with E-state index in [1.807, 2.05) is 0 Å². The van der Waals surface area contributed by atoms with Gasteiger partial charge in [0.25, 0.3) is 5.91 Å². The van der Waals surface area contributed by atoms with Gasteiger partial charge in [-0.25, -0.2) is 0 Å². The second kappa shape index (κ2) is 5.58. The maximum Gasteiger partial charge on any atom is 0.573 e. The monoisotopic (exact) mass is 348 g/mol. The second-order valence-corrected chi connectivity index (χ2v) is 4.67. The van der Waals surface area contributed by atoms with Crippen molar-refractivity contribution in [3.8, 4) is 5.75 Å². The van der Waals surface area contributed by atoms with E-state index in [0.717, 1.165) is 16.6 Å². The van der Waals surface area contributed by atoms with Gasteiger partial charge in [-0.15, -0.1) is 13.2 Å². The molecule has 2 rings (SSSR count). The van der Waals surface area contributed by atoms with Gasteiger partial charge < -0.3 is 15.0 Å². The molecule has 0 aliphatic heterocycles. The largest absolute Gasteiger partial charge is 0.573 e. The second-order valence-electron chi connectivity index (χ2n) is 3.76. The maximum atomic E-state index is 12.0. The highest BCUT2D eigenvalue weighted by molar-refractivity contribution is 9.10. The fourth-order valence-corrected chi connectivity index (χ4v) is 1.78. The molecule has 0 saturated heterocycles. The van der Waals surface area contributed by atoms with Crippen LogP contribution in [0.25, 0.3) is 0 Å². The number of carbonyl (C=O) groups is 1. The number of hydrogen-bond donors (Lipinski definition) is 2. The lowest BCUT2D eigenvalue weighted by atomic mass is 10.3. The first-order valence-corrected chi connectivity index (χ1v) is 6.14. The molecule has 0 spiro atoms. The Balaban J connectivity index is 2.02. The van der Waals surface area contributed by atoms with Crippen molar-refractivity contribution < 1.29 is 22.7 Å². The van der Waals surface area contributed by atoms with Crippen molar-refractivity contribution in [2.45, 2.75) is 6.36 Å². The van der Waals surface area contributed by atoms with E-state index in [-0.39, 0.29) is 5.75 Å². The Hall–Kier alpha value is -1.96. The third-order valence-corrected chi connectivity index (χ3v) is 2.70. The number of aromatic amines is 1. The normalized spacial score (nSPS) is 11.2. The molecule has 0 atom stereocenters. The molecule has 0 aliphatic carbocycles. The number of ether oxygens (including phenoxy) is 1. The zero-order valence-corrected chi connectivity index (χ0v) is 11.4. The van der Waals surface area contributed by atoms with E-state index in [1.54, 1.807) is 12.3 Å². The summed E-state index contributed by atoms with van der Waals surface area (Å²) >= 11 is 3.19. The molecule has 4 nitrogen and oxygen atoms in total. The molecule has 1 aromatic carbocycles. The number of alkyl halides is 3. The number of carbonyl (C=O) groups excluding carboxylic acids is 1. The number of amides is 1. The number of H-pyrrole nitrogens is 1. The molecule has 0 aliphatic rings. The molecule has 2 N–H and O–H groups in total. The lowest BCUT2D eigenvalue weighted by Crippen LogP contribution is -2.17. The van der Waals surface area contributed by atoms with Gasteiger partial charge in [-0.05, 0) is 46.3 Å². The zero-order chi connectivity index (χ0) is 14.8. The summed E-state index contributed by atoms with van der Waals surface area (Å²) < 4.78 is 40.4. The van der Waals surface area contributed by atoms with Gasteiger partial charge in [0.1, 0.15) is 11.4 Å². The molecule has 2 aromatic rings. The molecule has 0 bridgehead atoms. The van der Waals surface area contributed by atoms with Gasteiger partial charge in [-0.3, -0.25) is 4.79 Å². The van der Waals surface area contributed by atoms with Crippen LogP contribution in [0.2, 0.25) is 0 Å². The number of aromatic nitrogens is 1. The topological polar surface area (TPSA) is 54.1 Å². The van der Waals surface area contributed by atoms with Gasteiger partial charge in [-0.2, -0.15) is 0 Å². The Bertz CT molecular complexity index is 608. The van der Waals surface area contributed by atoms with Crippen molar-refractivity contribution in [1.82, 2.24) is 4.98 Å². The summed E-state index contributed by atoms with van der Waals surface area (Å²) in [6, 6.07) is 6.45. The van der Waals surface area contributed by atoms with Gasteiger partial charge in [0, 0.05) is 16.4 Å². The summed E-state index contributed by atoms with van der Waals surface area (Å²) in [5.41, 5.74) is 0.683. The summed E-state index contributed by atoms with van der Waals surface area (Å²) in [6.07, 6.45) is -3.14. The minimum Gasteiger partial charge on any atom is -0.406 e. The van der Waals surface area contributed by atoms with Crippen LogP contribution in [0, 0.1) is 0 Å². The summed E-state index contributed by atoms with van der Waals surface area (Å²) in [4.78, 5) is 14.5. The highest BCUT2D eigenvalue weighted by Crippen LogP contribution is 2.24. The standard InChI is InChI=1S/C12H8BrF3N2O2/c13-7-5-10(17-6-7)11(19)18-8-1-3-9(4-2-8)20-12(14,15)16/h1-6,17H,(H,18,19). The molecular formula is C12H8BrF3N2O2. The van der Waals surface area contributed by atoms with Gasteiger partial charge in [0.05, 0.1) is 0 Å². The van der Waals surface area contributed by atoms with Crippen LogP contribution in [0.15, 0.2) is 41.0 Å². The lowest BCUT2D eigenvalue weighted by Gasteiger charge is -2.09. The highest BCUT2D eigenvalue weighted by atomic mass is 79.9. The lowest BCUT2D eigenvalue weighted by molar-refractivity contribution is -0.274. The van der Waals surface area contributed by atoms with Crippen molar-refractivity contribution in [3.63, 3.8) is 0 Å². The Morgan fingerprint density at radius 1 is 1.25 bits per heavy atom. The first-order chi connectivity index (χ1) is 9.33. The Morgan fingerprint density at radius 3 is 2.40 bits per heavy atom. The number of anilines is 1. The minimum atomic E-state index is -4.73. The minimum absolute atomic E-state index is 0.326. The summed E-state index contributed by atoms with van der Waals surface area (Å²) in [6.45, 7) is 0. The van der Waals surface area contributed by atoms with Gasteiger partial charge in [-0.1, -0.05) is 0 Å². The third kappa shape index (κ3) is 4.02. The van der Waals surface area contributed by atoms with Crippen LogP contribution >= 0.6 is 15.9 Å². The molecule has 0 saturated carbocycles. The first kappa shape index (κ1) is 14.4. The van der Waals surface area contributed by atoms with Crippen molar-refractivity contribution in [3.05, 3.63) is 46.7 Å². The highest BCUT2D eigenvalue weighted by Gasteiger charge is 2.30. The summed E-state index contributed by atoms with van der Waals surface area (Å²) in [5, 5.41) is 2.53. The zero-order valence-electron chi connectivity index (χ0n) is 9.79. The number of hydrogen-bond acceptors (Lipinski definition) is 2. The number of halogens is 4. The number of rotatable bonds is 3. The van der Waals surface area contributed by atoms with E-state index < -0.39 is 12.3 Å². The van der Waals surface area contributed by atoms with Crippen LogP contribution in [-0.4, -0.2) is 17.3 Å². The predicted octanol–water partition coefficient (Wildman–Crippen LogP) is 3.93. The van der Waals surface area contributed by atoms with E-state index in [0.29, 0.717) is 11.4 Å². The fraction of sp³-hybridized carbons (Fsp3) is 0.0833. The van der Waals surface area contributed by atoms with E-state index in [1.165, 1.54) is 12.1 Å². The molecule has 106 valence electrons. The van der Waals surface area contributed by atoms with Crippen molar-refractivity contribution in [1.29, 1.82) is 0 Å². The summed E-state index contributed by atoms with van der Waals surface area (Å²) in [5.74, 6) is -0.752. The van der Waals surface area contributed by atoms with Crippen LogP contribution in [0.1, 0.15) is 10.5 Å². The molecule has 0 radical (unpaired) electrons. The first-order valence-electron chi connectivity index (χ1n) is 5.34. The number of nitrogens with one attached hydrogen (secondary N) is 2. The van der Waals surface area contributed by atoms with Gasteiger partial charge in [0.15, 0.2) is 0 Å². The molecule has 0 unspecified atom stereocenters. The molecule has 8 heteroatoms. The van der Waals surface area contributed by atoms with Crippen molar-refractivity contribution in [2.24, 2.45) is 0 Å².